The number of benzene rings is 1. The fraction of sp³-hybridized carbons (Fsp3) is 0.667. The lowest BCUT2D eigenvalue weighted by Crippen LogP contribution is -2.50. The molecule has 2 rings (SSSR count). The molecule has 1 aliphatic carbocycles. The number of aliphatic hydroxyl groups excluding tert-OH is 1. The van der Waals surface area contributed by atoms with Crippen molar-refractivity contribution in [2.75, 3.05) is 6.61 Å². The molecule has 21 heavy (non-hydrogen) atoms. The van der Waals surface area contributed by atoms with Crippen LogP contribution in [0.1, 0.15) is 52.0 Å². The topological polar surface area (TPSA) is 29.5 Å². The summed E-state index contributed by atoms with van der Waals surface area (Å²) in [5, 5.41) is 11.5. The van der Waals surface area contributed by atoms with Crippen LogP contribution in [0.4, 0.5) is 0 Å². The average molecular weight is 311 g/mol. The lowest BCUT2D eigenvalue weighted by molar-refractivity contribution is -0.150. The summed E-state index contributed by atoms with van der Waals surface area (Å²) in [5.41, 5.74) is 0.935. The predicted molar refractivity (Wildman–Crippen MR) is 87.8 cm³/mol. The quantitative estimate of drug-likeness (QED) is 0.860. The molecule has 0 amide bonds. The van der Waals surface area contributed by atoms with E-state index in [1.54, 1.807) is 0 Å². The van der Waals surface area contributed by atoms with Gasteiger partial charge in [0.2, 0.25) is 0 Å². The average Bonchev–Trinajstić information content (AvgIpc) is 2.44. The molecule has 2 nitrogen and oxygen atoms in total. The van der Waals surface area contributed by atoms with Crippen LogP contribution in [0, 0.1) is 5.41 Å². The van der Waals surface area contributed by atoms with Gasteiger partial charge in [-0.2, -0.15) is 0 Å². The largest absolute Gasteiger partial charge is 0.390 e. The van der Waals surface area contributed by atoms with Crippen molar-refractivity contribution in [3.8, 4) is 0 Å². The Labute approximate surface area is 133 Å². The van der Waals surface area contributed by atoms with E-state index in [0.717, 1.165) is 36.3 Å². The van der Waals surface area contributed by atoms with Gasteiger partial charge in [-0.25, -0.2) is 0 Å². The van der Waals surface area contributed by atoms with Gasteiger partial charge in [-0.15, -0.1) is 0 Å². The fourth-order valence-electron chi connectivity index (χ4n) is 3.27. The Bertz CT molecular complexity index is 460. The molecule has 1 aliphatic rings. The summed E-state index contributed by atoms with van der Waals surface area (Å²) < 4.78 is 6.04. The van der Waals surface area contributed by atoms with Crippen LogP contribution in [0.5, 0.6) is 0 Å². The van der Waals surface area contributed by atoms with Gasteiger partial charge in [0.15, 0.2) is 0 Å². The van der Waals surface area contributed by atoms with Gasteiger partial charge in [0.05, 0.1) is 11.7 Å². The molecule has 1 aromatic rings. The molecule has 1 fully saturated rings. The first-order chi connectivity index (χ1) is 9.88. The van der Waals surface area contributed by atoms with Crippen molar-refractivity contribution in [2.24, 2.45) is 5.41 Å². The molecule has 3 heteroatoms. The molecule has 0 radical (unpaired) electrons. The monoisotopic (exact) mass is 310 g/mol. The molecule has 0 spiro atoms. The van der Waals surface area contributed by atoms with Gasteiger partial charge < -0.3 is 9.84 Å². The zero-order valence-corrected chi connectivity index (χ0v) is 14.1. The number of rotatable bonds is 5. The van der Waals surface area contributed by atoms with E-state index in [9.17, 15) is 5.11 Å². The van der Waals surface area contributed by atoms with Crippen molar-refractivity contribution in [3.63, 3.8) is 0 Å². The molecule has 1 N–H and O–H groups in total. The second-order valence-corrected chi connectivity index (χ2v) is 7.38. The molecule has 1 atom stereocenters. The van der Waals surface area contributed by atoms with Gasteiger partial charge in [0.1, 0.15) is 0 Å². The van der Waals surface area contributed by atoms with Crippen molar-refractivity contribution in [3.05, 3.63) is 34.9 Å². The van der Waals surface area contributed by atoms with E-state index >= 15 is 0 Å². The SMILES string of the molecule is CCOC1(C(O)Cc2ccccc2Cl)CCC(C)(C)CC1. The minimum absolute atomic E-state index is 0.352. The summed E-state index contributed by atoms with van der Waals surface area (Å²) in [6.45, 7) is 7.23. The maximum atomic E-state index is 10.8. The molecular weight excluding hydrogens is 284 g/mol. The van der Waals surface area contributed by atoms with Crippen LogP contribution in [0.25, 0.3) is 0 Å². The molecule has 0 saturated heterocycles. The van der Waals surface area contributed by atoms with Crippen molar-refractivity contribution < 1.29 is 9.84 Å². The highest BCUT2D eigenvalue weighted by molar-refractivity contribution is 6.31. The molecule has 1 aromatic carbocycles. The van der Waals surface area contributed by atoms with Gasteiger partial charge in [-0.3, -0.25) is 0 Å². The highest BCUT2D eigenvalue weighted by atomic mass is 35.5. The van der Waals surface area contributed by atoms with E-state index < -0.39 is 11.7 Å². The van der Waals surface area contributed by atoms with E-state index in [1.165, 1.54) is 0 Å². The normalized spacial score (nSPS) is 22.0. The third-order valence-corrected chi connectivity index (χ3v) is 5.23. The fourth-order valence-corrected chi connectivity index (χ4v) is 3.48. The van der Waals surface area contributed by atoms with E-state index in [4.69, 9.17) is 16.3 Å². The van der Waals surface area contributed by atoms with Crippen LogP contribution in [-0.2, 0) is 11.2 Å². The van der Waals surface area contributed by atoms with Gasteiger partial charge in [-0.1, -0.05) is 43.6 Å². The summed E-state index contributed by atoms with van der Waals surface area (Å²) in [6, 6.07) is 7.74. The molecule has 118 valence electrons. The van der Waals surface area contributed by atoms with Crippen molar-refractivity contribution in [1.29, 1.82) is 0 Å². The van der Waals surface area contributed by atoms with Crippen LogP contribution in [0.15, 0.2) is 24.3 Å². The van der Waals surface area contributed by atoms with Crippen molar-refractivity contribution >= 4 is 11.6 Å². The van der Waals surface area contributed by atoms with Crippen LogP contribution < -0.4 is 0 Å². The lowest BCUT2D eigenvalue weighted by Gasteiger charge is -2.46. The minimum Gasteiger partial charge on any atom is -0.390 e. The molecule has 1 unspecified atom stereocenters. The highest BCUT2D eigenvalue weighted by Gasteiger charge is 2.44. The Morgan fingerprint density at radius 2 is 1.81 bits per heavy atom. The lowest BCUT2D eigenvalue weighted by atomic mass is 9.68. The first-order valence-corrected chi connectivity index (χ1v) is 8.32. The second kappa shape index (κ2) is 6.68. The molecular formula is C18H27ClO2. The predicted octanol–water partition coefficient (Wildman–Crippen LogP) is 4.62. The highest BCUT2D eigenvalue weighted by Crippen LogP contribution is 2.44. The van der Waals surface area contributed by atoms with Crippen molar-refractivity contribution in [2.45, 2.75) is 64.6 Å². The number of ether oxygens (including phenoxy) is 1. The first kappa shape index (κ1) is 16.8. The van der Waals surface area contributed by atoms with Gasteiger partial charge in [0.25, 0.3) is 0 Å². The zero-order valence-electron chi connectivity index (χ0n) is 13.4. The van der Waals surface area contributed by atoms with E-state index in [2.05, 4.69) is 13.8 Å². The van der Waals surface area contributed by atoms with Crippen molar-refractivity contribution in [1.82, 2.24) is 0 Å². The maximum Gasteiger partial charge on any atom is 0.0943 e. The molecule has 0 heterocycles. The van der Waals surface area contributed by atoms with Gasteiger partial charge in [0, 0.05) is 18.1 Å². The van der Waals surface area contributed by atoms with Crippen LogP contribution >= 0.6 is 11.6 Å². The molecule has 0 bridgehead atoms. The molecule has 0 aromatic heterocycles. The Morgan fingerprint density at radius 1 is 1.19 bits per heavy atom. The minimum atomic E-state index is -0.506. The maximum absolute atomic E-state index is 10.8. The van der Waals surface area contributed by atoms with E-state index in [-0.39, 0.29) is 0 Å². The third kappa shape index (κ3) is 4.00. The number of hydrogen-bond acceptors (Lipinski definition) is 2. The molecule has 1 saturated carbocycles. The van der Waals surface area contributed by atoms with Crippen LogP contribution in [0.3, 0.4) is 0 Å². The van der Waals surface area contributed by atoms with E-state index in [0.29, 0.717) is 18.4 Å². The van der Waals surface area contributed by atoms with Crippen LogP contribution in [-0.4, -0.2) is 23.4 Å². The first-order valence-electron chi connectivity index (χ1n) is 7.94. The number of aliphatic hydroxyl groups is 1. The Kier molecular flexibility index (Phi) is 5.34. The summed E-state index contributed by atoms with van der Waals surface area (Å²) in [4.78, 5) is 0. The third-order valence-electron chi connectivity index (χ3n) is 4.86. The summed E-state index contributed by atoms with van der Waals surface area (Å²) in [7, 11) is 0. The van der Waals surface area contributed by atoms with Gasteiger partial charge >= 0.3 is 0 Å². The van der Waals surface area contributed by atoms with Gasteiger partial charge in [-0.05, 0) is 49.7 Å². The summed E-state index contributed by atoms with van der Waals surface area (Å²) in [5.74, 6) is 0. The Hall–Kier alpha value is -0.570. The number of hydrogen-bond donors (Lipinski definition) is 1. The summed E-state index contributed by atoms with van der Waals surface area (Å²) in [6.07, 6.45) is 4.06. The Morgan fingerprint density at radius 3 is 2.38 bits per heavy atom. The smallest absolute Gasteiger partial charge is 0.0943 e. The standard InChI is InChI=1S/C18H27ClO2/c1-4-21-18(11-9-17(2,3)10-12-18)16(20)13-14-7-5-6-8-15(14)19/h5-8,16,20H,4,9-13H2,1-3H3. The summed E-state index contributed by atoms with van der Waals surface area (Å²) >= 11 is 6.22. The van der Waals surface area contributed by atoms with E-state index in [1.807, 2.05) is 31.2 Å². The Balaban J connectivity index is 2.13. The second-order valence-electron chi connectivity index (χ2n) is 6.97. The number of halogens is 1. The zero-order chi connectivity index (χ0) is 15.5. The van der Waals surface area contributed by atoms with Crippen LogP contribution in [0.2, 0.25) is 5.02 Å². The molecule has 0 aliphatic heterocycles.